The third kappa shape index (κ3) is 3.01. The Labute approximate surface area is 201 Å². The quantitative estimate of drug-likeness (QED) is 0.248. The average Bonchev–Trinajstić information content (AvgIpc) is 3.32. The Hall–Kier alpha value is -4.94. The van der Waals surface area contributed by atoms with Crippen molar-refractivity contribution in [2.75, 3.05) is 0 Å². The van der Waals surface area contributed by atoms with Gasteiger partial charge in [-0.3, -0.25) is 4.98 Å². The van der Waals surface area contributed by atoms with E-state index < -0.39 is 0 Å². The first-order valence-electron chi connectivity index (χ1n) is 11.5. The second-order valence-electron chi connectivity index (χ2n) is 8.73. The Bertz CT molecular complexity index is 1970. The van der Waals surface area contributed by atoms with Crippen LogP contribution in [0.1, 0.15) is 0 Å². The lowest BCUT2D eigenvalue weighted by Gasteiger charge is -2.11. The summed E-state index contributed by atoms with van der Waals surface area (Å²) in [6.07, 6.45) is 3.40. The zero-order chi connectivity index (χ0) is 23.4. The van der Waals surface area contributed by atoms with E-state index in [4.69, 9.17) is 11.0 Å². The van der Waals surface area contributed by atoms with Crippen molar-refractivity contribution in [3.63, 3.8) is 0 Å². The minimum atomic E-state index is 0.536. The summed E-state index contributed by atoms with van der Waals surface area (Å²) < 4.78 is 6.43. The van der Waals surface area contributed by atoms with Crippen LogP contribution in [0.25, 0.3) is 70.6 Å². The number of aromatic nitrogens is 1. The van der Waals surface area contributed by atoms with E-state index >= 15 is 0 Å². The van der Waals surface area contributed by atoms with Gasteiger partial charge in [-0.2, -0.15) is 0 Å². The highest BCUT2D eigenvalue weighted by Crippen LogP contribution is 2.42. The molecule has 0 aliphatic heterocycles. The molecule has 0 N–H and O–H groups in total. The third-order valence-electron chi connectivity index (χ3n) is 6.73. The first kappa shape index (κ1) is 19.5. The Morgan fingerprint density at radius 1 is 0.600 bits per heavy atom. The van der Waals surface area contributed by atoms with Crippen molar-refractivity contribution in [2.24, 2.45) is 0 Å². The minimum Gasteiger partial charge on any atom is -0.456 e. The molecule has 162 valence electrons. The number of rotatable bonds is 2. The van der Waals surface area contributed by atoms with Gasteiger partial charge in [0, 0.05) is 23.2 Å². The van der Waals surface area contributed by atoms with Crippen LogP contribution in [0, 0.1) is 6.57 Å². The SMILES string of the molecule is [C-]#[N+]c1cncc(-c2cccc(-c3cc4oc5ccc6ccccc6c5c4c4ccccc34)c2)c1. The Morgan fingerprint density at radius 3 is 2.26 bits per heavy atom. The summed E-state index contributed by atoms with van der Waals surface area (Å²) >= 11 is 0. The van der Waals surface area contributed by atoms with E-state index in [1.165, 1.54) is 21.5 Å². The van der Waals surface area contributed by atoms with Gasteiger partial charge in [0.05, 0.1) is 6.57 Å². The molecule has 2 aromatic heterocycles. The Kier molecular flexibility index (Phi) is 4.21. The van der Waals surface area contributed by atoms with Crippen LogP contribution in [0.15, 0.2) is 114 Å². The monoisotopic (exact) mass is 446 g/mol. The van der Waals surface area contributed by atoms with Crippen molar-refractivity contribution in [1.82, 2.24) is 4.98 Å². The summed E-state index contributed by atoms with van der Waals surface area (Å²) in [7, 11) is 0. The molecule has 7 aromatic rings. The topological polar surface area (TPSA) is 30.4 Å². The zero-order valence-electron chi connectivity index (χ0n) is 18.7. The summed E-state index contributed by atoms with van der Waals surface area (Å²) in [4.78, 5) is 7.78. The molecule has 0 bridgehead atoms. The van der Waals surface area contributed by atoms with Crippen molar-refractivity contribution in [2.45, 2.75) is 0 Å². The molecule has 0 amide bonds. The lowest BCUT2D eigenvalue weighted by molar-refractivity contribution is 0.669. The fourth-order valence-corrected chi connectivity index (χ4v) is 5.15. The van der Waals surface area contributed by atoms with E-state index in [2.05, 4.69) is 101 Å². The van der Waals surface area contributed by atoms with Gasteiger partial charge in [-0.05, 0) is 68.1 Å². The smallest absolute Gasteiger partial charge is 0.205 e. The summed E-state index contributed by atoms with van der Waals surface area (Å²) in [6.45, 7) is 7.32. The van der Waals surface area contributed by atoms with E-state index in [0.717, 1.165) is 44.2 Å². The molecule has 0 fully saturated rings. The van der Waals surface area contributed by atoms with E-state index in [0.29, 0.717) is 5.69 Å². The summed E-state index contributed by atoms with van der Waals surface area (Å²) in [5, 5.41) is 7.09. The lowest BCUT2D eigenvalue weighted by atomic mass is 9.92. The van der Waals surface area contributed by atoms with Gasteiger partial charge in [0.15, 0.2) is 0 Å². The number of hydrogen-bond donors (Lipinski definition) is 0. The van der Waals surface area contributed by atoms with Crippen molar-refractivity contribution in [3.8, 4) is 22.3 Å². The summed E-state index contributed by atoms with van der Waals surface area (Å²) in [6, 6.07) is 33.7. The van der Waals surface area contributed by atoms with Crippen LogP contribution in [-0.4, -0.2) is 4.98 Å². The molecule has 3 heteroatoms. The molecule has 0 unspecified atom stereocenters. The highest BCUT2D eigenvalue weighted by atomic mass is 16.3. The van der Waals surface area contributed by atoms with Crippen molar-refractivity contribution < 1.29 is 4.42 Å². The molecular weight excluding hydrogens is 428 g/mol. The maximum Gasteiger partial charge on any atom is 0.205 e. The molecule has 35 heavy (non-hydrogen) atoms. The van der Waals surface area contributed by atoms with Crippen LogP contribution in [0.4, 0.5) is 5.69 Å². The molecule has 5 aromatic carbocycles. The molecule has 0 saturated carbocycles. The van der Waals surface area contributed by atoms with Crippen LogP contribution < -0.4 is 0 Å². The molecule has 0 aliphatic rings. The molecule has 0 saturated heterocycles. The highest BCUT2D eigenvalue weighted by Gasteiger charge is 2.17. The van der Waals surface area contributed by atoms with Gasteiger partial charge >= 0.3 is 0 Å². The molecule has 0 radical (unpaired) electrons. The van der Waals surface area contributed by atoms with Gasteiger partial charge < -0.3 is 4.42 Å². The Balaban J connectivity index is 1.53. The van der Waals surface area contributed by atoms with Crippen LogP contribution in [-0.2, 0) is 0 Å². The maximum absolute atomic E-state index is 7.32. The van der Waals surface area contributed by atoms with E-state index in [-0.39, 0.29) is 0 Å². The van der Waals surface area contributed by atoms with Crippen molar-refractivity contribution in [1.29, 1.82) is 0 Å². The van der Waals surface area contributed by atoms with E-state index in [9.17, 15) is 0 Å². The second kappa shape index (κ2) is 7.55. The van der Waals surface area contributed by atoms with Gasteiger partial charge in [0.25, 0.3) is 0 Å². The summed E-state index contributed by atoms with van der Waals surface area (Å²) in [5.74, 6) is 0. The number of fused-ring (bicyclic) bond motifs is 7. The number of furan rings is 1. The normalized spacial score (nSPS) is 11.4. The van der Waals surface area contributed by atoms with Crippen LogP contribution in [0.3, 0.4) is 0 Å². The summed E-state index contributed by atoms with van der Waals surface area (Å²) in [5.41, 5.74) is 6.49. The first-order chi connectivity index (χ1) is 17.3. The Morgan fingerprint density at radius 2 is 1.37 bits per heavy atom. The molecule has 0 aliphatic carbocycles. The van der Waals surface area contributed by atoms with Crippen LogP contribution in [0.2, 0.25) is 0 Å². The van der Waals surface area contributed by atoms with Crippen LogP contribution in [0.5, 0.6) is 0 Å². The van der Waals surface area contributed by atoms with Gasteiger partial charge in [0.1, 0.15) is 11.2 Å². The van der Waals surface area contributed by atoms with E-state index in [1.54, 1.807) is 12.4 Å². The number of pyridine rings is 1. The lowest BCUT2D eigenvalue weighted by Crippen LogP contribution is -1.85. The molecule has 0 atom stereocenters. The van der Waals surface area contributed by atoms with Gasteiger partial charge in [0.2, 0.25) is 5.69 Å². The maximum atomic E-state index is 7.32. The standard InChI is InChI=1S/C32H18N2O/c1-33-24-16-23(18-34-19-24)21-8-6-9-22(15-21)28-17-30-32(27-12-5-4-11-26(27)28)31-25-10-3-2-7-20(25)13-14-29(31)35-30/h2-19H. The number of benzene rings is 5. The van der Waals surface area contributed by atoms with Crippen molar-refractivity contribution >= 4 is 49.2 Å². The van der Waals surface area contributed by atoms with Gasteiger partial charge in [-0.1, -0.05) is 72.8 Å². The molecule has 0 spiro atoms. The highest BCUT2D eigenvalue weighted by molar-refractivity contribution is 6.28. The van der Waals surface area contributed by atoms with Gasteiger partial charge in [-0.15, -0.1) is 0 Å². The average molecular weight is 447 g/mol. The minimum absolute atomic E-state index is 0.536. The van der Waals surface area contributed by atoms with E-state index in [1.807, 2.05) is 6.07 Å². The molecule has 7 rings (SSSR count). The van der Waals surface area contributed by atoms with Crippen molar-refractivity contribution in [3.05, 3.63) is 121 Å². The molecular formula is C32H18N2O. The van der Waals surface area contributed by atoms with Crippen LogP contribution >= 0.6 is 0 Å². The fourth-order valence-electron chi connectivity index (χ4n) is 5.15. The second-order valence-corrected chi connectivity index (χ2v) is 8.73. The predicted molar refractivity (Wildman–Crippen MR) is 144 cm³/mol. The number of hydrogen-bond acceptors (Lipinski definition) is 2. The fraction of sp³-hybridized carbons (Fsp3) is 0. The third-order valence-corrected chi connectivity index (χ3v) is 6.73. The first-order valence-corrected chi connectivity index (χ1v) is 11.5. The van der Waals surface area contributed by atoms with Gasteiger partial charge in [-0.25, -0.2) is 4.85 Å². The molecule has 2 heterocycles. The molecule has 3 nitrogen and oxygen atoms in total. The largest absolute Gasteiger partial charge is 0.456 e. The number of nitrogens with zero attached hydrogens (tertiary/aromatic N) is 2. The predicted octanol–water partition coefficient (Wildman–Crippen LogP) is 9.17. The zero-order valence-corrected chi connectivity index (χ0v) is 18.7.